The zero-order valence-corrected chi connectivity index (χ0v) is 12.0. The number of ether oxygens (including phenoxy) is 2. The fourth-order valence-electron chi connectivity index (χ4n) is 1.93. The van der Waals surface area contributed by atoms with Crippen molar-refractivity contribution < 1.29 is 18.3 Å². The Morgan fingerprint density at radius 2 is 1.68 bits per heavy atom. The molecule has 1 heterocycles. The molecule has 0 aliphatic carbocycles. The Kier molecular flexibility index (Phi) is 4.05. The van der Waals surface area contributed by atoms with Crippen LogP contribution < -0.4 is 9.47 Å². The zero-order valence-electron chi connectivity index (χ0n) is 12.0. The minimum absolute atomic E-state index is 0.289. The zero-order chi connectivity index (χ0) is 15.4. The monoisotopic (exact) mass is 299 g/mol. The average molecular weight is 299 g/mol. The fraction of sp³-hybridized carbons (Fsp3) is 0.118. The summed E-state index contributed by atoms with van der Waals surface area (Å²) in [5.41, 5.74) is 1.38. The van der Waals surface area contributed by atoms with E-state index in [9.17, 15) is 4.39 Å². The topological polar surface area (TPSA) is 44.5 Å². The number of hydrogen-bond acceptors (Lipinski definition) is 4. The van der Waals surface area contributed by atoms with Crippen LogP contribution in [0.25, 0.3) is 11.5 Å². The van der Waals surface area contributed by atoms with Crippen molar-refractivity contribution in [3.05, 3.63) is 66.3 Å². The van der Waals surface area contributed by atoms with Crippen LogP contribution in [0.3, 0.4) is 0 Å². The molecule has 0 fully saturated rings. The second-order valence-corrected chi connectivity index (χ2v) is 4.62. The highest BCUT2D eigenvalue weighted by Gasteiger charge is 2.07. The van der Waals surface area contributed by atoms with Gasteiger partial charge in [-0.15, -0.1) is 0 Å². The van der Waals surface area contributed by atoms with Crippen LogP contribution in [0.15, 0.2) is 59.2 Å². The molecule has 3 rings (SSSR count). The lowest BCUT2D eigenvalue weighted by Crippen LogP contribution is -1.95. The van der Waals surface area contributed by atoms with Gasteiger partial charge in [-0.1, -0.05) is 0 Å². The molecule has 0 bridgehead atoms. The summed E-state index contributed by atoms with van der Waals surface area (Å²) < 4.78 is 29.0. The van der Waals surface area contributed by atoms with Gasteiger partial charge in [0.05, 0.1) is 7.11 Å². The predicted octanol–water partition coefficient (Wildman–Crippen LogP) is 4.07. The van der Waals surface area contributed by atoms with Crippen molar-refractivity contribution in [3.8, 4) is 23.0 Å². The van der Waals surface area contributed by atoms with E-state index < -0.39 is 0 Å². The van der Waals surface area contributed by atoms with Crippen molar-refractivity contribution in [2.75, 3.05) is 7.11 Å². The van der Waals surface area contributed by atoms with E-state index in [1.807, 2.05) is 24.3 Å². The molecule has 0 aliphatic heterocycles. The third kappa shape index (κ3) is 3.25. The molecule has 0 amide bonds. The first-order valence-corrected chi connectivity index (χ1v) is 6.72. The van der Waals surface area contributed by atoms with Gasteiger partial charge in [0, 0.05) is 5.56 Å². The standard InChI is InChI=1S/C17H14FNO3/c1-20-15-6-8-16(9-7-15)21-10-14-11-22-17(19-14)12-2-4-13(18)5-3-12/h2-9,11H,10H2,1H3. The normalized spacial score (nSPS) is 10.5. The molecule has 3 aromatic rings. The molecule has 22 heavy (non-hydrogen) atoms. The van der Waals surface area contributed by atoms with Crippen LogP contribution in [0.1, 0.15) is 5.69 Å². The molecule has 0 atom stereocenters. The van der Waals surface area contributed by atoms with E-state index in [4.69, 9.17) is 13.9 Å². The third-order valence-electron chi connectivity index (χ3n) is 3.09. The summed E-state index contributed by atoms with van der Waals surface area (Å²) >= 11 is 0. The van der Waals surface area contributed by atoms with Crippen molar-refractivity contribution in [3.63, 3.8) is 0 Å². The van der Waals surface area contributed by atoms with E-state index in [0.29, 0.717) is 17.3 Å². The molecular weight excluding hydrogens is 285 g/mol. The molecular formula is C17H14FNO3. The lowest BCUT2D eigenvalue weighted by molar-refractivity contribution is 0.300. The SMILES string of the molecule is COc1ccc(OCc2coc(-c3ccc(F)cc3)n2)cc1. The summed E-state index contributed by atoms with van der Waals surface area (Å²) in [5.74, 6) is 1.63. The maximum atomic E-state index is 12.9. The highest BCUT2D eigenvalue weighted by molar-refractivity contribution is 5.52. The number of benzene rings is 2. The summed E-state index contributed by atoms with van der Waals surface area (Å²) in [6.45, 7) is 0.289. The summed E-state index contributed by atoms with van der Waals surface area (Å²) in [4.78, 5) is 4.32. The first-order valence-electron chi connectivity index (χ1n) is 6.72. The maximum absolute atomic E-state index is 12.9. The highest BCUT2D eigenvalue weighted by atomic mass is 19.1. The van der Waals surface area contributed by atoms with Gasteiger partial charge in [-0.2, -0.15) is 0 Å². The van der Waals surface area contributed by atoms with Crippen LogP contribution in [0, 0.1) is 5.82 Å². The Morgan fingerprint density at radius 1 is 1.00 bits per heavy atom. The molecule has 0 unspecified atom stereocenters. The van der Waals surface area contributed by atoms with E-state index in [-0.39, 0.29) is 12.4 Å². The van der Waals surface area contributed by atoms with Crippen LogP contribution in [0.2, 0.25) is 0 Å². The van der Waals surface area contributed by atoms with Crippen LogP contribution in [-0.2, 0) is 6.61 Å². The van der Waals surface area contributed by atoms with Gasteiger partial charge in [-0.3, -0.25) is 0 Å². The van der Waals surface area contributed by atoms with E-state index in [2.05, 4.69) is 4.98 Å². The summed E-state index contributed by atoms with van der Waals surface area (Å²) in [5, 5.41) is 0. The first-order chi connectivity index (χ1) is 10.7. The number of aromatic nitrogens is 1. The van der Waals surface area contributed by atoms with Gasteiger partial charge in [0.2, 0.25) is 5.89 Å². The minimum Gasteiger partial charge on any atom is -0.497 e. The first kappa shape index (κ1) is 14.1. The number of hydrogen-bond donors (Lipinski definition) is 0. The molecule has 0 radical (unpaired) electrons. The second-order valence-electron chi connectivity index (χ2n) is 4.62. The Hall–Kier alpha value is -2.82. The van der Waals surface area contributed by atoms with Crippen molar-refractivity contribution in [2.45, 2.75) is 6.61 Å². The number of oxazole rings is 1. The molecule has 112 valence electrons. The van der Waals surface area contributed by atoms with Crippen LogP contribution in [0.4, 0.5) is 4.39 Å². The lowest BCUT2D eigenvalue weighted by atomic mass is 10.2. The number of halogens is 1. The van der Waals surface area contributed by atoms with E-state index in [1.165, 1.54) is 18.4 Å². The molecule has 0 saturated heterocycles. The van der Waals surface area contributed by atoms with Crippen LogP contribution in [-0.4, -0.2) is 12.1 Å². The number of nitrogens with zero attached hydrogens (tertiary/aromatic N) is 1. The fourth-order valence-corrected chi connectivity index (χ4v) is 1.93. The van der Waals surface area contributed by atoms with Crippen molar-refractivity contribution in [1.82, 2.24) is 4.98 Å². The van der Waals surface area contributed by atoms with E-state index in [0.717, 1.165) is 11.3 Å². The van der Waals surface area contributed by atoms with Crippen molar-refractivity contribution >= 4 is 0 Å². The van der Waals surface area contributed by atoms with Crippen LogP contribution in [0.5, 0.6) is 11.5 Å². The molecule has 0 N–H and O–H groups in total. The molecule has 5 heteroatoms. The predicted molar refractivity (Wildman–Crippen MR) is 79.2 cm³/mol. The summed E-state index contributed by atoms with van der Waals surface area (Å²) in [7, 11) is 1.61. The Bertz CT molecular complexity index is 735. The van der Waals surface area contributed by atoms with Gasteiger partial charge in [0.15, 0.2) is 0 Å². The Morgan fingerprint density at radius 3 is 2.36 bits per heavy atom. The molecule has 1 aromatic heterocycles. The Labute approximate surface area is 127 Å². The van der Waals surface area contributed by atoms with Crippen molar-refractivity contribution in [2.24, 2.45) is 0 Å². The summed E-state index contributed by atoms with van der Waals surface area (Å²) in [6.07, 6.45) is 1.53. The van der Waals surface area contributed by atoms with Gasteiger partial charge in [-0.05, 0) is 48.5 Å². The highest BCUT2D eigenvalue weighted by Crippen LogP contribution is 2.21. The number of methoxy groups -OCH3 is 1. The molecule has 0 spiro atoms. The third-order valence-corrected chi connectivity index (χ3v) is 3.09. The molecule has 0 saturated carbocycles. The van der Waals surface area contributed by atoms with Gasteiger partial charge < -0.3 is 13.9 Å². The number of rotatable bonds is 5. The molecule has 0 aliphatic rings. The van der Waals surface area contributed by atoms with Gasteiger partial charge in [0.25, 0.3) is 0 Å². The molecule has 2 aromatic carbocycles. The smallest absolute Gasteiger partial charge is 0.226 e. The van der Waals surface area contributed by atoms with Gasteiger partial charge >= 0.3 is 0 Å². The lowest BCUT2D eigenvalue weighted by Gasteiger charge is -2.04. The van der Waals surface area contributed by atoms with E-state index in [1.54, 1.807) is 19.2 Å². The quantitative estimate of drug-likeness (QED) is 0.712. The van der Waals surface area contributed by atoms with Crippen LogP contribution >= 0.6 is 0 Å². The molecule has 4 nitrogen and oxygen atoms in total. The average Bonchev–Trinajstić information content (AvgIpc) is 3.03. The Balaban J connectivity index is 1.65. The largest absolute Gasteiger partial charge is 0.497 e. The van der Waals surface area contributed by atoms with Gasteiger partial charge in [0.1, 0.15) is 35.9 Å². The summed E-state index contributed by atoms with van der Waals surface area (Å²) in [6, 6.07) is 13.3. The maximum Gasteiger partial charge on any atom is 0.226 e. The van der Waals surface area contributed by atoms with Gasteiger partial charge in [-0.25, -0.2) is 9.37 Å². The minimum atomic E-state index is -0.293. The van der Waals surface area contributed by atoms with E-state index >= 15 is 0 Å². The second kappa shape index (κ2) is 6.30. The van der Waals surface area contributed by atoms with Crippen molar-refractivity contribution in [1.29, 1.82) is 0 Å².